The van der Waals surface area contributed by atoms with Crippen LogP contribution in [0.2, 0.25) is 0 Å². The SMILES string of the molecule is COC(=O)c1ccc(NC(=O)c2ccc(Br)cc2F)cc1. The van der Waals surface area contributed by atoms with Gasteiger partial charge in [-0.25, -0.2) is 9.18 Å². The number of rotatable bonds is 3. The van der Waals surface area contributed by atoms with Gasteiger partial charge in [-0.3, -0.25) is 4.79 Å². The summed E-state index contributed by atoms with van der Waals surface area (Å²) >= 11 is 3.13. The smallest absolute Gasteiger partial charge is 0.337 e. The largest absolute Gasteiger partial charge is 0.465 e. The number of carbonyl (C=O) groups is 2. The first-order valence-electron chi connectivity index (χ1n) is 5.96. The van der Waals surface area contributed by atoms with Crippen LogP contribution in [0.1, 0.15) is 20.7 Å². The summed E-state index contributed by atoms with van der Waals surface area (Å²) in [5.74, 6) is -1.65. The molecule has 0 heterocycles. The molecule has 0 spiro atoms. The van der Waals surface area contributed by atoms with Gasteiger partial charge < -0.3 is 10.1 Å². The van der Waals surface area contributed by atoms with Crippen molar-refractivity contribution in [2.75, 3.05) is 12.4 Å². The number of halogens is 2. The average molecular weight is 352 g/mol. The molecule has 0 atom stereocenters. The van der Waals surface area contributed by atoms with Crippen LogP contribution in [0.5, 0.6) is 0 Å². The Morgan fingerprint density at radius 3 is 2.38 bits per heavy atom. The van der Waals surface area contributed by atoms with E-state index in [0.29, 0.717) is 15.7 Å². The molecule has 0 bridgehead atoms. The molecular weight excluding hydrogens is 341 g/mol. The summed E-state index contributed by atoms with van der Waals surface area (Å²) in [6, 6.07) is 10.3. The van der Waals surface area contributed by atoms with E-state index < -0.39 is 17.7 Å². The minimum Gasteiger partial charge on any atom is -0.465 e. The molecule has 2 aromatic rings. The Balaban J connectivity index is 2.14. The van der Waals surface area contributed by atoms with Crippen molar-refractivity contribution in [1.82, 2.24) is 0 Å². The number of carbonyl (C=O) groups excluding carboxylic acids is 2. The van der Waals surface area contributed by atoms with E-state index >= 15 is 0 Å². The molecule has 2 rings (SSSR count). The zero-order chi connectivity index (χ0) is 15.4. The molecule has 2 aromatic carbocycles. The van der Waals surface area contributed by atoms with Gasteiger partial charge in [0, 0.05) is 10.2 Å². The third-order valence-electron chi connectivity index (χ3n) is 2.74. The predicted molar refractivity (Wildman–Crippen MR) is 79.8 cm³/mol. The van der Waals surface area contributed by atoms with Gasteiger partial charge in [0.2, 0.25) is 0 Å². The van der Waals surface area contributed by atoms with Crippen molar-refractivity contribution in [2.45, 2.75) is 0 Å². The standard InChI is InChI=1S/C15H11BrFNO3/c1-21-15(20)9-2-5-11(6-3-9)18-14(19)12-7-4-10(16)8-13(12)17/h2-8H,1H3,(H,18,19). The van der Waals surface area contributed by atoms with Gasteiger partial charge in [-0.15, -0.1) is 0 Å². The number of esters is 1. The van der Waals surface area contributed by atoms with E-state index in [4.69, 9.17) is 0 Å². The minimum absolute atomic E-state index is 0.0600. The lowest BCUT2D eigenvalue weighted by molar-refractivity contribution is 0.0600. The molecule has 4 nitrogen and oxygen atoms in total. The maximum Gasteiger partial charge on any atom is 0.337 e. The summed E-state index contributed by atoms with van der Waals surface area (Å²) < 4.78 is 18.8. The van der Waals surface area contributed by atoms with E-state index in [2.05, 4.69) is 26.0 Å². The third kappa shape index (κ3) is 3.66. The van der Waals surface area contributed by atoms with Crippen LogP contribution < -0.4 is 5.32 Å². The Morgan fingerprint density at radius 1 is 1.14 bits per heavy atom. The molecule has 1 amide bonds. The maximum absolute atomic E-state index is 13.7. The highest BCUT2D eigenvalue weighted by Gasteiger charge is 2.12. The molecule has 0 aliphatic carbocycles. The zero-order valence-electron chi connectivity index (χ0n) is 11.0. The van der Waals surface area contributed by atoms with E-state index in [9.17, 15) is 14.0 Å². The molecule has 0 aliphatic rings. The summed E-state index contributed by atoms with van der Waals surface area (Å²) in [6.45, 7) is 0. The fourth-order valence-electron chi connectivity index (χ4n) is 1.68. The van der Waals surface area contributed by atoms with Crippen LogP contribution in [-0.4, -0.2) is 19.0 Å². The molecule has 108 valence electrons. The van der Waals surface area contributed by atoms with Crippen LogP contribution in [0, 0.1) is 5.82 Å². The predicted octanol–water partition coefficient (Wildman–Crippen LogP) is 3.63. The quantitative estimate of drug-likeness (QED) is 0.859. The number of nitrogens with one attached hydrogen (secondary N) is 1. The second-order valence-electron chi connectivity index (χ2n) is 4.15. The van der Waals surface area contributed by atoms with Crippen molar-refractivity contribution in [1.29, 1.82) is 0 Å². The van der Waals surface area contributed by atoms with Gasteiger partial charge in [0.25, 0.3) is 5.91 Å². The number of hydrogen-bond donors (Lipinski definition) is 1. The van der Waals surface area contributed by atoms with Crippen LogP contribution in [0.25, 0.3) is 0 Å². The van der Waals surface area contributed by atoms with Crippen LogP contribution >= 0.6 is 15.9 Å². The molecule has 0 saturated heterocycles. The third-order valence-corrected chi connectivity index (χ3v) is 3.23. The van der Waals surface area contributed by atoms with E-state index in [-0.39, 0.29) is 5.56 Å². The van der Waals surface area contributed by atoms with Gasteiger partial charge in [-0.1, -0.05) is 15.9 Å². The van der Waals surface area contributed by atoms with E-state index in [1.54, 1.807) is 18.2 Å². The van der Waals surface area contributed by atoms with Crippen molar-refractivity contribution < 1.29 is 18.7 Å². The second kappa shape index (κ2) is 6.49. The maximum atomic E-state index is 13.7. The highest BCUT2D eigenvalue weighted by molar-refractivity contribution is 9.10. The molecule has 0 aliphatic heterocycles. The van der Waals surface area contributed by atoms with Crippen LogP contribution in [0.3, 0.4) is 0 Å². The van der Waals surface area contributed by atoms with Crippen LogP contribution in [0.4, 0.5) is 10.1 Å². The molecule has 0 saturated carbocycles. The Bertz CT molecular complexity index is 686. The summed E-state index contributed by atoms with van der Waals surface area (Å²) in [7, 11) is 1.29. The number of benzene rings is 2. The minimum atomic E-state index is -0.618. The number of methoxy groups -OCH3 is 1. The molecule has 21 heavy (non-hydrogen) atoms. The van der Waals surface area contributed by atoms with E-state index in [1.165, 1.54) is 31.4 Å². The molecule has 0 aromatic heterocycles. The fraction of sp³-hybridized carbons (Fsp3) is 0.0667. The number of anilines is 1. The summed E-state index contributed by atoms with van der Waals surface area (Å²) in [5.41, 5.74) is 0.760. The summed E-state index contributed by atoms with van der Waals surface area (Å²) in [4.78, 5) is 23.2. The zero-order valence-corrected chi connectivity index (χ0v) is 12.6. The molecule has 0 radical (unpaired) electrons. The molecule has 6 heteroatoms. The first-order valence-corrected chi connectivity index (χ1v) is 6.75. The molecule has 0 unspecified atom stereocenters. The first kappa shape index (κ1) is 15.2. The lowest BCUT2D eigenvalue weighted by atomic mass is 10.1. The van der Waals surface area contributed by atoms with Crippen molar-refractivity contribution in [3.8, 4) is 0 Å². The van der Waals surface area contributed by atoms with Crippen molar-refractivity contribution in [2.24, 2.45) is 0 Å². The number of hydrogen-bond acceptors (Lipinski definition) is 3. The highest BCUT2D eigenvalue weighted by atomic mass is 79.9. The lowest BCUT2D eigenvalue weighted by Crippen LogP contribution is -2.13. The highest BCUT2D eigenvalue weighted by Crippen LogP contribution is 2.17. The molecule has 1 N–H and O–H groups in total. The van der Waals surface area contributed by atoms with Gasteiger partial charge >= 0.3 is 5.97 Å². The Hall–Kier alpha value is -2.21. The topological polar surface area (TPSA) is 55.4 Å². The summed E-state index contributed by atoms with van der Waals surface area (Å²) in [5, 5.41) is 2.56. The molecular formula is C15H11BrFNO3. The molecule has 0 fully saturated rings. The monoisotopic (exact) mass is 351 g/mol. The van der Waals surface area contributed by atoms with Crippen LogP contribution in [-0.2, 0) is 4.74 Å². The normalized spacial score (nSPS) is 10.0. The van der Waals surface area contributed by atoms with Gasteiger partial charge in [0.05, 0.1) is 18.2 Å². The first-order chi connectivity index (χ1) is 10.0. The Kier molecular flexibility index (Phi) is 4.70. The van der Waals surface area contributed by atoms with Crippen LogP contribution in [0.15, 0.2) is 46.9 Å². The van der Waals surface area contributed by atoms with Gasteiger partial charge in [-0.2, -0.15) is 0 Å². The van der Waals surface area contributed by atoms with Gasteiger partial charge in [0.15, 0.2) is 0 Å². The van der Waals surface area contributed by atoms with E-state index in [1.807, 2.05) is 0 Å². The van der Waals surface area contributed by atoms with Crippen molar-refractivity contribution in [3.05, 3.63) is 63.9 Å². The fourth-order valence-corrected chi connectivity index (χ4v) is 2.01. The van der Waals surface area contributed by atoms with Crippen molar-refractivity contribution >= 4 is 33.5 Å². The lowest BCUT2D eigenvalue weighted by Gasteiger charge is -2.07. The Morgan fingerprint density at radius 2 is 1.81 bits per heavy atom. The number of amides is 1. The van der Waals surface area contributed by atoms with Gasteiger partial charge in [0.1, 0.15) is 5.82 Å². The van der Waals surface area contributed by atoms with E-state index in [0.717, 1.165) is 0 Å². The average Bonchev–Trinajstić information content (AvgIpc) is 2.47. The Labute approximate surface area is 129 Å². The second-order valence-corrected chi connectivity index (χ2v) is 5.06. The van der Waals surface area contributed by atoms with Crippen molar-refractivity contribution in [3.63, 3.8) is 0 Å². The summed E-state index contributed by atoms with van der Waals surface area (Å²) in [6.07, 6.45) is 0. The number of ether oxygens (including phenoxy) is 1. The van der Waals surface area contributed by atoms with Gasteiger partial charge in [-0.05, 0) is 42.5 Å².